The van der Waals surface area contributed by atoms with E-state index in [-0.39, 0.29) is 16.7 Å². The molecule has 2 N–H and O–H groups in total. The number of hydrogen-bond acceptors (Lipinski definition) is 4. The minimum absolute atomic E-state index is 0.118. The van der Waals surface area contributed by atoms with Gasteiger partial charge in [-0.1, -0.05) is 55.4 Å². The Morgan fingerprint density at radius 3 is 2.68 bits per heavy atom. The molecule has 1 amide bonds. The molecule has 2 heterocycles. The molecule has 6 nitrogen and oxygen atoms in total. The molecular weight excluding hydrogens is 372 g/mol. The number of H-pyrrole nitrogens is 1. The predicted molar refractivity (Wildman–Crippen MR) is 112 cm³/mol. The summed E-state index contributed by atoms with van der Waals surface area (Å²) in [5, 5.41) is 0.265. The predicted octanol–water partition coefficient (Wildman–Crippen LogP) is 1.13. The van der Waals surface area contributed by atoms with Crippen LogP contribution in [-0.2, 0) is 17.8 Å². The van der Waals surface area contributed by atoms with Gasteiger partial charge in [0.25, 0.3) is 5.56 Å². The summed E-state index contributed by atoms with van der Waals surface area (Å²) in [4.78, 5) is 35.3. The highest BCUT2D eigenvalue weighted by Crippen LogP contribution is 2.20. The van der Waals surface area contributed by atoms with Crippen molar-refractivity contribution in [1.82, 2.24) is 14.9 Å². The van der Waals surface area contributed by atoms with E-state index in [1.807, 2.05) is 17.9 Å². The lowest BCUT2D eigenvalue weighted by atomic mass is 10.2. The van der Waals surface area contributed by atoms with Crippen LogP contribution in [-0.4, -0.2) is 52.2 Å². The largest absolute Gasteiger partial charge is 0.330 e. The van der Waals surface area contributed by atoms with Crippen LogP contribution in [0.5, 0.6) is 0 Å². The van der Waals surface area contributed by atoms with Gasteiger partial charge in [-0.3, -0.25) is 9.59 Å². The topological polar surface area (TPSA) is 70.5 Å². The first-order valence-corrected chi connectivity index (χ1v) is 10.9. The maximum atomic E-state index is 12.8. The summed E-state index contributed by atoms with van der Waals surface area (Å²) in [5.74, 6) is 0.118. The Kier molecular flexibility index (Phi) is 7.28. The van der Waals surface area contributed by atoms with Crippen LogP contribution in [0.25, 0.3) is 0 Å². The van der Waals surface area contributed by atoms with Crippen LogP contribution in [0.4, 0.5) is 0 Å². The fourth-order valence-electron chi connectivity index (χ4n) is 3.50. The number of thioether (sulfide) groups is 1. The number of hydrogen-bond donors (Lipinski definition) is 2. The van der Waals surface area contributed by atoms with E-state index in [1.54, 1.807) is 0 Å². The Morgan fingerprint density at radius 1 is 1.29 bits per heavy atom. The number of aromatic amines is 1. The third kappa shape index (κ3) is 5.69. The molecule has 0 aliphatic carbocycles. The van der Waals surface area contributed by atoms with Crippen LogP contribution >= 0.6 is 11.8 Å². The van der Waals surface area contributed by atoms with Gasteiger partial charge in [0.1, 0.15) is 6.54 Å². The Morgan fingerprint density at radius 2 is 2.00 bits per heavy atom. The second-order valence-corrected chi connectivity index (χ2v) is 8.62. The highest BCUT2D eigenvalue weighted by atomic mass is 32.2. The van der Waals surface area contributed by atoms with Gasteiger partial charge in [-0.25, -0.2) is 4.98 Å². The van der Waals surface area contributed by atoms with Gasteiger partial charge in [-0.15, -0.1) is 0 Å². The third-order valence-corrected chi connectivity index (χ3v) is 5.97. The average Bonchev–Trinajstić information content (AvgIpc) is 2.68. The van der Waals surface area contributed by atoms with Gasteiger partial charge >= 0.3 is 0 Å². The zero-order valence-electron chi connectivity index (χ0n) is 16.6. The molecule has 0 unspecified atom stereocenters. The van der Waals surface area contributed by atoms with Crippen molar-refractivity contribution < 1.29 is 9.69 Å². The Hall–Kier alpha value is -2.12. The SMILES string of the molecule is CCCc1cc(=O)[nH]c(S[C@@H](C)C(=O)N2CC[NH+](Cc3ccccc3)CC2)n1. The minimum atomic E-state index is -0.268. The number of rotatable bonds is 7. The van der Waals surface area contributed by atoms with E-state index in [1.165, 1.54) is 28.3 Å². The lowest BCUT2D eigenvalue weighted by molar-refractivity contribution is -0.917. The molecule has 0 bridgehead atoms. The molecule has 0 spiro atoms. The van der Waals surface area contributed by atoms with Crippen LogP contribution in [0.1, 0.15) is 31.5 Å². The van der Waals surface area contributed by atoms with E-state index in [0.717, 1.165) is 51.3 Å². The molecule has 1 aromatic carbocycles. The summed E-state index contributed by atoms with van der Waals surface area (Å²) in [6.45, 7) is 8.40. The molecule has 0 radical (unpaired) electrons. The van der Waals surface area contributed by atoms with E-state index in [0.29, 0.717) is 5.16 Å². The van der Waals surface area contributed by atoms with Crippen LogP contribution in [0.2, 0.25) is 0 Å². The lowest BCUT2D eigenvalue weighted by Gasteiger charge is -2.33. The fraction of sp³-hybridized carbons (Fsp3) is 0.476. The monoisotopic (exact) mass is 401 g/mol. The van der Waals surface area contributed by atoms with Gasteiger partial charge in [0, 0.05) is 17.3 Å². The van der Waals surface area contributed by atoms with Crippen LogP contribution in [0, 0.1) is 0 Å². The average molecular weight is 402 g/mol. The summed E-state index contributed by atoms with van der Waals surface area (Å²) in [5.41, 5.74) is 1.97. The molecule has 1 aromatic heterocycles. The second-order valence-electron chi connectivity index (χ2n) is 7.29. The van der Waals surface area contributed by atoms with E-state index in [2.05, 4.69) is 41.2 Å². The van der Waals surface area contributed by atoms with Gasteiger partial charge in [0.2, 0.25) is 5.91 Å². The summed E-state index contributed by atoms with van der Waals surface area (Å²) < 4.78 is 0. The second kappa shape index (κ2) is 9.89. The van der Waals surface area contributed by atoms with E-state index < -0.39 is 0 Å². The Balaban J connectivity index is 1.52. The summed E-state index contributed by atoms with van der Waals surface area (Å²) >= 11 is 1.34. The Labute approximate surface area is 170 Å². The van der Waals surface area contributed by atoms with Crippen LogP contribution < -0.4 is 10.5 Å². The number of benzene rings is 1. The van der Waals surface area contributed by atoms with E-state index in [9.17, 15) is 9.59 Å². The summed E-state index contributed by atoms with van der Waals surface area (Å²) in [6.07, 6.45) is 1.70. The number of amides is 1. The molecule has 1 fully saturated rings. The number of aromatic nitrogens is 2. The zero-order chi connectivity index (χ0) is 19.9. The first-order valence-electron chi connectivity index (χ1n) is 9.98. The normalized spacial score (nSPS) is 16.1. The number of nitrogens with zero attached hydrogens (tertiary/aromatic N) is 2. The molecule has 28 heavy (non-hydrogen) atoms. The van der Waals surface area contributed by atoms with E-state index >= 15 is 0 Å². The van der Waals surface area contributed by atoms with Crippen molar-refractivity contribution in [2.45, 2.75) is 43.6 Å². The van der Waals surface area contributed by atoms with Crippen molar-refractivity contribution in [3.63, 3.8) is 0 Å². The van der Waals surface area contributed by atoms with Crippen molar-refractivity contribution in [2.75, 3.05) is 26.2 Å². The summed E-state index contributed by atoms with van der Waals surface area (Å²) in [6, 6.07) is 12.0. The quantitative estimate of drug-likeness (QED) is 0.539. The van der Waals surface area contributed by atoms with Gasteiger partial charge in [-0.05, 0) is 13.3 Å². The fourth-order valence-corrected chi connectivity index (χ4v) is 4.42. The number of aryl methyl sites for hydroxylation is 1. The van der Waals surface area contributed by atoms with Gasteiger partial charge in [-0.2, -0.15) is 0 Å². The van der Waals surface area contributed by atoms with E-state index in [4.69, 9.17) is 0 Å². The number of nitrogens with one attached hydrogen (secondary N) is 2. The van der Waals surface area contributed by atoms with Gasteiger partial charge < -0.3 is 14.8 Å². The van der Waals surface area contributed by atoms with Gasteiger partial charge in [0.15, 0.2) is 5.16 Å². The highest BCUT2D eigenvalue weighted by Gasteiger charge is 2.27. The van der Waals surface area contributed by atoms with Crippen LogP contribution in [0.15, 0.2) is 46.3 Å². The third-order valence-electron chi connectivity index (χ3n) is 4.99. The minimum Gasteiger partial charge on any atom is -0.330 e. The van der Waals surface area contributed by atoms with Crippen LogP contribution in [0.3, 0.4) is 0 Å². The van der Waals surface area contributed by atoms with Crippen molar-refractivity contribution in [2.24, 2.45) is 0 Å². The highest BCUT2D eigenvalue weighted by molar-refractivity contribution is 8.00. The number of carbonyl (C=O) groups is 1. The van der Waals surface area contributed by atoms with Crippen molar-refractivity contribution in [3.8, 4) is 0 Å². The first kappa shape index (κ1) is 20.6. The molecule has 1 aliphatic rings. The summed E-state index contributed by atoms with van der Waals surface area (Å²) in [7, 11) is 0. The number of piperazine rings is 1. The molecule has 1 atom stereocenters. The smallest absolute Gasteiger partial charge is 0.251 e. The molecule has 0 saturated carbocycles. The standard InChI is InChI=1S/C21H28N4O2S/c1-3-7-18-14-19(26)23-21(22-18)28-16(2)20(27)25-12-10-24(11-13-25)15-17-8-5-4-6-9-17/h4-6,8-9,14,16H,3,7,10-13,15H2,1-2H3,(H,22,23,26)/p+1/t16-/m0/s1. The molecule has 1 aliphatic heterocycles. The molecule has 2 aromatic rings. The van der Waals surface area contributed by atoms with Crippen molar-refractivity contribution >= 4 is 17.7 Å². The molecule has 7 heteroatoms. The molecule has 150 valence electrons. The van der Waals surface area contributed by atoms with Crippen molar-refractivity contribution in [1.29, 1.82) is 0 Å². The number of carbonyl (C=O) groups excluding carboxylic acids is 1. The lowest BCUT2D eigenvalue weighted by Crippen LogP contribution is -3.13. The molecule has 3 rings (SSSR count). The zero-order valence-corrected chi connectivity index (χ0v) is 17.4. The molecule has 1 saturated heterocycles. The van der Waals surface area contributed by atoms with Crippen molar-refractivity contribution in [3.05, 3.63) is 58.0 Å². The maximum Gasteiger partial charge on any atom is 0.251 e. The van der Waals surface area contributed by atoms with Gasteiger partial charge in [0.05, 0.1) is 31.4 Å². The maximum absolute atomic E-state index is 12.8. The number of quaternary nitrogens is 1. The Bertz CT molecular complexity index is 832. The molecular formula is C21H29N4O2S+. The first-order chi connectivity index (χ1) is 13.5.